The summed E-state index contributed by atoms with van der Waals surface area (Å²) in [5.74, 6) is 1.29. The number of hydrogen-bond acceptors (Lipinski definition) is 4. The molecule has 0 amide bonds. The van der Waals surface area contributed by atoms with E-state index >= 15 is 0 Å². The second-order valence-corrected chi connectivity index (χ2v) is 14.0. The molecule has 0 bridgehead atoms. The van der Waals surface area contributed by atoms with Gasteiger partial charge in [-0.2, -0.15) is 0 Å². The second kappa shape index (κ2) is 14.0. The average molecular weight is 718 g/mol. The first-order chi connectivity index (χ1) is 27.7. The topological polar surface area (TPSA) is 56.5 Å². The number of fused-ring (bicyclic) bond motifs is 3. The van der Waals surface area contributed by atoms with Crippen molar-refractivity contribution in [2.45, 2.75) is 6.92 Å². The fraction of sp³-hybridized carbons (Fsp3) is 0.0196. The van der Waals surface area contributed by atoms with Crippen molar-refractivity contribution < 1.29 is 0 Å². The van der Waals surface area contributed by atoms with Gasteiger partial charge in [-0.3, -0.25) is 0 Å². The summed E-state index contributed by atoms with van der Waals surface area (Å²) < 4.78 is 2.37. The van der Waals surface area contributed by atoms with Crippen molar-refractivity contribution in [3.05, 3.63) is 200 Å². The van der Waals surface area contributed by atoms with E-state index in [1.165, 1.54) is 16.3 Å². The summed E-state index contributed by atoms with van der Waals surface area (Å²) >= 11 is 0. The quantitative estimate of drug-likeness (QED) is 0.165. The Morgan fingerprint density at radius 3 is 1.39 bits per heavy atom. The zero-order valence-corrected chi connectivity index (χ0v) is 30.7. The highest BCUT2D eigenvalue weighted by Gasteiger charge is 2.21. The Morgan fingerprint density at radius 1 is 0.339 bits per heavy atom. The lowest BCUT2D eigenvalue weighted by Crippen LogP contribution is -2.02. The Labute approximate surface area is 325 Å². The van der Waals surface area contributed by atoms with Crippen LogP contribution < -0.4 is 0 Å². The molecule has 7 aromatic carbocycles. The second-order valence-electron chi connectivity index (χ2n) is 14.0. The minimum absolute atomic E-state index is 0.636. The fourth-order valence-electron chi connectivity index (χ4n) is 7.57. The lowest BCUT2D eigenvalue weighted by molar-refractivity contribution is 1.14. The molecule has 0 atom stereocenters. The maximum absolute atomic E-state index is 5.34. The summed E-state index contributed by atoms with van der Waals surface area (Å²) in [6.45, 7) is 2.15. The maximum Gasteiger partial charge on any atom is 0.160 e. The number of aromatic nitrogens is 5. The summed E-state index contributed by atoms with van der Waals surface area (Å²) in [6.07, 6.45) is 0. The first-order valence-electron chi connectivity index (χ1n) is 18.8. The van der Waals surface area contributed by atoms with Gasteiger partial charge in [0.1, 0.15) is 0 Å². The van der Waals surface area contributed by atoms with Crippen molar-refractivity contribution in [2.24, 2.45) is 0 Å². The summed E-state index contributed by atoms with van der Waals surface area (Å²) in [5.41, 5.74) is 13.7. The van der Waals surface area contributed by atoms with Crippen LogP contribution in [-0.4, -0.2) is 24.5 Å². The molecule has 0 N–H and O–H groups in total. The third-order valence-electron chi connectivity index (χ3n) is 10.3. The molecule has 0 aliphatic heterocycles. The molecule has 264 valence electrons. The van der Waals surface area contributed by atoms with Gasteiger partial charge in [-0.25, -0.2) is 19.9 Å². The number of hydrogen-bond donors (Lipinski definition) is 0. The molecule has 10 rings (SSSR count). The third kappa shape index (κ3) is 6.11. The molecule has 0 fully saturated rings. The summed E-state index contributed by atoms with van der Waals surface area (Å²) in [4.78, 5) is 20.9. The van der Waals surface area contributed by atoms with Crippen LogP contribution in [0.5, 0.6) is 0 Å². The van der Waals surface area contributed by atoms with Gasteiger partial charge in [0.05, 0.1) is 39.5 Å². The van der Waals surface area contributed by atoms with E-state index in [0.717, 1.165) is 72.9 Å². The standard InChI is InChI=1S/C51H35N5/c1-34-26-28-48-41(30-34)40-24-14-15-25-47(40)56(48)49-29-27-39(51-53-43(35-16-6-2-7-17-35)32-44(54-51)36-18-8-3-9-19-36)31-42(49)46-33-45(37-20-10-4-11-21-37)52-50(55-46)38-22-12-5-13-23-38/h2-33H,1H3. The van der Waals surface area contributed by atoms with E-state index < -0.39 is 0 Å². The van der Waals surface area contributed by atoms with Crippen LogP contribution in [0.4, 0.5) is 0 Å². The van der Waals surface area contributed by atoms with Gasteiger partial charge in [-0.1, -0.05) is 151 Å². The molecule has 0 radical (unpaired) electrons. The predicted octanol–water partition coefficient (Wildman–Crippen LogP) is 12.7. The van der Waals surface area contributed by atoms with Gasteiger partial charge >= 0.3 is 0 Å². The van der Waals surface area contributed by atoms with Crippen molar-refractivity contribution >= 4 is 21.8 Å². The van der Waals surface area contributed by atoms with Gasteiger partial charge in [0.2, 0.25) is 0 Å². The van der Waals surface area contributed by atoms with Crippen LogP contribution >= 0.6 is 0 Å². The van der Waals surface area contributed by atoms with Gasteiger partial charge in [-0.15, -0.1) is 0 Å². The zero-order valence-electron chi connectivity index (χ0n) is 30.7. The van der Waals surface area contributed by atoms with Crippen LogP contribution in [0.2, 0.25) is 0 Å². The molecule has 0 aliphatic rings. The highest BCUT2D eigenvalue weighted by Crippen LogP contribution is 2.39. The number of nitrogens with zero attached hydrogens (tertiary/aromatic N) is 5. The molecule has 56 heavy (non-hydrogen) atoms. The van der Waals surface area contributed by atoms with E-state index in [-0.39, 0.29) is 0 Å². The molecule has 3 heterocycles. The van der Waals surface area contributed by atoms with Gasteiger partial charge in [-0.05, 0) is 55.5 Å². The Hall–Kier alpha value is -7.50. The van der Waals surface area contributed by atoms with Gasteiger partial charge in [0, 0.05) is 44.2 Å². The molecule has 0 spiro atoms. The molecule has 0 saturated carbocycles. The van der Waals surface area contributed by atoms with E-state index in [0.29, 0.717) is 11.6 Å². The van der Waals surface area contributed by atoms with E-state index in [2.05, 4.69) is 133 Å². The third-order valence-corrected chi connectivity index (χ3v) is 10.3. The largest absolute Gasteiger partial charge is 0.309 e. The minimum atomic E-state index is 0.636. The lowest BCUT2D eigenvalue weighted by Gasteiger charge is -2.17. The first-order valence-corrected chi connectivity index (χ1v) is 18.8. The van der Waals surface area contributed by atoms with E-state index in [1.54, 1.807) is 0 Å². The van der Waals surface area contributed by atoms with Gasteiger partial charge < -0.3 is 4.57 Å². The van der Waals surface area contributed by atoms with Crippen LogP contribution in [0.3, 0.4) is 0 Å². The lowest BCUT2D eigenvalue weighted by atomic mass is 10.0. The number of benzene rings is 7. The minimum Gasteiger partial charge on any atom is -0.309 e. The molecule has 0 saturated heterocycles. The SMILES string of the molecule is Cc1ccc2c(c1)c1ccccc1n2-c1ccc(-c2nc(-c3ccccc3)cc(-c3ccccc3)n2)cc1-c1cc(-c2ccccc2)nc(-c2ccccc2)n1. The molecular formula is C51H35N5. The average Bonchev–Trinajstić information content (AvgIpc) is 3.60. The molecular weight excluding hydrogens is 683 g/mol. The zero-order chi connectivity index (χ0) is 37.4. The van der Waals surface area contributed by atoms with Crippen LogP contribution in [-0.2, 0) is 0 Å². The van der Waals surface area contributed by atoms with Crippen LogP contribution in [0.25, 0.3) is 95.3 Å². The fourth-order valence-corrected chi connectivity index (χ4v) is 7.57. The normalized spacial score (nSPS) is 11.3. The first kappa shape index (κ1) is 33.1. The Bertz CT molecular complexity index is 2900. The van der Waals surface area contributed by atoms with Crippen molar-refractivity contribution in [3.63, 3.8) is 0 Å². The Morgan fingerprint density at radius 2 is 0.804 bits per heavy atom. The van der Waals surface area contributed by atoms with Crippen molar-refractivity contribution in [2.75, 3.05) is 0 Å². The van der Waals surface area contributed by atoms with Crippen molar-refractivity contribution in [1.29, 1.82) is 0 Å². The Balaban J connectivity index is 1.27. The van der Waals surface area contributed by atoms with Gasteiger partial charge in [0.15, 0.2) is 11.6 Å². The van der Waals surface area contributed by atoms with E-state index in [9.17, 15) is 0 Å². The number of rotatable bonds is 7. The van der Waals surface area contributed by atoms with Crippen LogP contribution in [0.1, 0.15) is 5.56 Å². The molecule has 5 heteroatoms. The van der Waals surface area contributed by atoms with Gasteiger partial charge in [0.25, 0.3) is 0 Å². The highest BCUT2D eigenvalue weighted by atomic mass is 15.0. The molecule has 10 aromatic rings. The number of aryl methyl sites for hydroxylation is 1. The smallest absolute Gasteiger partial charge is 0.160 e. The molecule has 0 aliphatic carbocycles. The summed E-state index contributed by atoms with van der Waals surface area (Å²) in [6, 6.07) is 67.2. The predicted molar refractivity (Wildman–Crippen MR) is 229 cm³/mol. The Kier molecular flexibility index (Phi) is 8.30. The van der Waals surface area contributed by atoms with E-state index in [1.807, 2.05) is 72.8 Å². The maximum atomic E-state index is 5.34. The molecule has 3 aromatic heterocycles. The van der Waals surface area contributed by atoms with Crippen LogP contribution in [0, 0.1) is 6.92 Å². The summed E-state index contributed by atoms with van der Waals surface area (Å²) in [7, 11) is 0. The molecule has 5 nitrogen and oxygen atoms in total. The van der Waals surface area contributed by atoms with Crippen LogP contribution in [0.15, 0.2) is 194 Å². The highest BCUT2D eigenvalue weighted by molar-refractivity contribution is 6.10. The summed E-state index contributed by atoms with van der Waals surface area (Å²) in [5, 5.41) is 2.41. The monoisotopic (exact) mass is 717 g/mol. The molecule has 0 unspecified atom stereocenters. The van der Waals surface area contributed by atoms with E-state index in [4.69, 9.17) is 19.9 Å². The van der Waals surface area contributed by atoms with Crippen molar-refractivity contribution in [1.82, 2.24) is 24.5 Å². The number of para-hydroxylation sites is 1. The van der Waals surface area contributed by atoms with Crippen molar-refractivity contribution in [3.8, 4) is 73.5 Å².